The second kappa shape index (κ2) is 10.0. The number of aliphatic hydroxyl groups excluding tert-OH is 1. The molecule has 1 saturated heterocycles. The van der Waals surface area contributed by atoms with Crippen molar-refractivity contribution in [1.82, 2.24) is 14.5 Å². The highest BCUT2D eigenvalue weighted by molar-refractivity contribution is 6.46. The molecule has 9 heteroatoms. The zero-order valence-corrected chi connectivity index (χ0v) is 19.5. The summed E-state index contributed by atoms with van der Waals surface area (Å²) in [6, 6.07) is 10.7. The summed E-state index contributed by atoms with van der Waals surface area (Å²) in [6.07, 6.45) is 5.78. The van der Waals surface area contributed by atoms with Crippen molar-refractivity contribution in [3.8, 4) is 11.5 Å². The van der Waals surface area contributed by atoms with Crippen molar-refractivity contribution in [2.75, 3.05) is 20.8 Å². The smallest absolute Gasteiger partial charge is 0.295 e. The minimum atomic E-state index is -0.858. The van der Waals surface area contributed by atoms with E-state index in [1.807, 2.05) is 10.8 Å². The third kappa shape index (κ3) is 4.49. The van der Waals surface area contributed by atoms with E-state index < -0.39 is 17.7 Å². The van der Waals surface area contributed by atoms with Gasteiger partial charge in [0.2, 0.25) is 0 Å². The first-order chi connectivity index (χ1) is 16.4. The van der Waals surface area contributed by atoms with Crippen LogP contribution in [-0.4, -0.2) is 52.0 Å². The monoisotopic (exact) mass is 481 g/mol. The van der Waals surface area contributed by atoms with Crippen molar-refractivity contribution in [3.05, 3.63) is 82.9 Å². The van der Waals surface area contributed by atoms with E-state index in [1.165, 1.54) is 19.1 Å². The normalized spacial score (nSPS) is 17.3. The summed E-state index contributed by atoms with van der Waals surface area (Å²) in [5.74, 6) is -0.719. The number of carbonyl (C=O) groups excluding carboxylic acids is 2. The molecule has 0 saturated carbocycles. The number of aryl methyl sites for hydroxylation is 1. The Morgan fingerprint density at radius 3 is 2.50 bits per heavy atom. The van der Waals surface area contributed by atoms with Gasteiger partial charge in [0.25, 0.3) is 11.7 Å². The maximum atomic E-state index is 13.2. The van der Waals surface area contributed by atoms with Crippen LogP contribution in [0, 0.1) is 0 Å². The van der Waals surface area contributed by atoms with Gasteiger partial charge in [-0.15, -0.1) is 0 Å². The molecule has 3 aromatic rings. The average molecular weight is 482 g/mol. The molecule has 1 fully saturated rings. The molecular formula is C25H24ClN3O5. The number of benzene rings is 2. The number of aromatic nitrogens is 2. The summed E-state index contributed by atoms with van der Waals surface area (Å²) < 4.78 is 12.8. The van der Waals surface area contributed by atoms with Crippen LogP contribution in [0.15, 0.2) is 66.8 Å². The number of halogens is 1. The molecule has 0 spiro atoms. The Bertz CT molecular complexity index is 1220. The molecule has 0 unspecified atom stereocenters. The van der Waals surface area contributed by atoms with Gasteiger partial charge in [0.1, 0.15) is 17.3 Å². The number of aliphatic hydroxyl groups is 1. The summed E-state index contributed by atoms with van der Waals surface area (Å²) in [6.45, 7) is 0.896. The first kappa shape index (κ1) is 23.4. The Hall–Kier alpha value is -3.78. The minimum absolute atomic E-state index is 0.0125. The second-order valence-electron chi connectivity index (χ2n) is 7.76. The molecule has 0 bridgehead atoms. The number of Topliss-reactive ketones (excluding diaryl/α,β-unsaturated/α-hetero) is 1. The predicted octanol–water partition coefficient (Wildman–Crippen LogP) is 4.07. The Labute approximate surface area is 202 Å². The van der Waals surface area contributed by atoms with E-state index >= 15 is 0 Å². The number of amides is 1. The molecule has 0 radical (unpaired) electrons. The lowest BCUT2D eigenvalue weighted by Crippen LogP contribution is -2.31. The van der Waals surface area contributed by atoms with Crippen molar-refractivity contribution < 1.29 is 24.2 Å². The quantitative estimate of drug-likeness (QED) is 0.296. The van der Waals surface area contributed by atoms with E-state index in [1.54, 1.807) is 55.0 Å². The van der Waals surface area contributed by atoms with Gasteiger partial charge in [-0.1, -0.05) is 11.6 Å². The van der Waals surface area contributed by atoms with Crippen molar-refractivity contribution in [3.63, 3.8) is 0 Å². The van der Waals surface area contributed by atoms with Gasteiger partial charge in [0, 0.05) is 41.6 Å². The largest absolute Gasteiger partial charge is 0.507 e. The van der Waals surface area contributed by atoms with Crippen molar-refractivity contribution in [1.29, 1.82) is 0 Å². The third-order valence-corrected chi connectivity index (χ3v) is 6.02. The lowest BCUT2D eigenvalue weighted by Gasteiger charge is -2.27. The molecule has 8 nitrogen and oxygen atoms in total. The summed E-state index contributed by atoms with van der Waals surface area (Å²) >= 11 is 5.98. The molecule has 1 aromatic heterocycles. The zero-order chi connectivity index (χ0) is 24.2. The van der Waals surface area contributed by atoms with E-state index in [2.05, 4.69) is 4.98 Å². The highest BCUT2D eigenvalue weighted by Crippen LogP contribution is 2.44. The summed E-state index contributed by atoms with van der Waals surface area (Å²) in [4.78, 5) is 31.9. The van der Waals surface area contributed by atoms with Crippen LogP contribution in [0.1, 0.15) is 23.6 Å². The Balaban J connectivity index is 1.81. The number of likely N-dealkylation sites (tertiary alicyclic amines) is 1. The van der Waals surface area contributed by atoms with Crippen LogP contribution in [0.5, 0.6) is 11.5 Å². The number of methoxy groups -OCH3 is 2. The van der Waals surface area contributed by atoms with Gasteiger partial charge in [-0.05, 0) is 48.9 Å². The van der Waals surface area contributed by atoms with Gasteiger partial charge >= 0.3 is 0 Å². The Morgan fingerprint density at radius 2 is 1.85 bits per heavy atom. The molecule has 1 N–H and O–H groups in total. The number of carbonyl (C=O) groups is 2. The molecule has 4 rings (SSSR count). The molecule has 1 aliphatic heterocycles. The van der Waals surface area contributed by atoms with Crippen molar-refractivity contribution in [2.45, 2.75) is 19.0 Å². The second-order valence-corrected chi connectivity index (χ2v) is 8.20. The molecule has 0 aliphatic carbocycles. The van der Waals surface area contributed by atoms with Gasteiger partial charge in [0.05, 0.1) is 32.2 Å². The standard InChI is InChI=1S/C25H24ClN3O5/c1-33-18-8-9-20(34-2)19(14-18)22-21(23(30)16-4-6-17(26)7-5-16)24(31)25(32)29(22)12-3-11-28-13-10-27-15-28/h4-10,13-15,22,30H,3,11-12H2,1-2H3/t22-/m0/s1. The number of rotatable bonds is 8. The van der Waals surface area contributed by atoms with E-state index in [9.17, 15) is 14.7 Å². The van der Waals surface area contributed by atoms with Crippen LogP contribution in [-0.2, 0) is 16.1 Å². The third-order valence-electron chi connectivity index (χ3n) is 5.76. The van der Waals surface area contributed by atoms with Gasteiger partial charge in [-0.3, -0.25) is 9.59 Å². The molecule has 34 heavy (non-hydrogen) atoms. The van der Waals surface area contributed by atoms with E-state index in [0.29, 0.717) is 40.6 Å². The fourth-order valence-corrected chi connectivity index (χ4v) is 4.22. The molecule has 1 aliphatic rings. The van der Waals surface area contributed by atoms with E-state index in [-0.39, 0.29) is 17.9 Å². The van der Waals surface area contributed by atoms with Crippen LogP contribution in [0.25, 0.3) is 5.76 Å². The maximum absolute atomic E-state index is 13.2. The van der Waals surface area contributed by atoms with Gasteiger partial charge in [-0.25, -0.2) is 4.98 Å². The first-order valence-corrected chi connectivity index (χ1v) is 11.0. The summed E-state index contributed by atoms with van der Waals surface area (Å²) in [5.41, 5.74) is 0.911. The molecule has 1 amide bonds. The highest BCUT2D eigenvalue weighted by atomic mass is 35.5. The highest BCUT2D eigenvalue weighted by Gasteiger charge is 2.47. The van der Waals surface area contributed by atoms with E-state index in [0.717, 1.165) is 0 Å². The first-order valence-electron chi connectivity index (χ1n) is 10.7. The fraction of sp³-hybridized carbons (Fsp3) is 0.240. The number of nitrogens with zero attached hydrogens (tertiary/aromatic N) is 3. The van der Waals surface area contributed by atoms with Crippen LogP contribution in [0.3, 0.4) is 0 Å². The molecule has 1 atom stereocenters. The number of ketones is 1. The maximum Gasteiger partial charge on any atom is 0.295 e. The van der Waals surface area contributed by atoms with Crippen LogP contribution in [0.4, 0.5) is 0 Å². The van der Waals surface area contributed by atoms with Gasteiger partial charge in [-0.2, -0.15) is 0 Å². The summed E-state index contributed by atoms with van der Waals surface area (Å²) in [5, 5.41) is 11.7. The fourth-order valence-electron chi connectivity index (χ4n) is 4.09. The number of imidazole rings is 1. The van der Waals surface area contributed by atoms with Crippen LogP contribution >= 0.6 is 11.6 Å². The number of hydrogen-bond donors (Lipinski definition) is 1. The van der Waals surface area contributed by atoms with E-state index in [4.69, 9.17) is 21.1 Å². The molecule has 2 aromatic carbocycles. The van der Waals surface area contributed by atoms with Gasteiger partial charge < -0.3 is 24.0 Å². The van der Waals surface area contributed by atoms with Crippen molar-refractivity contribution >= 4 is 29.1 Å². The predicted molar refractivity (Wildman–Crippen MR) is 127 cm³/mol. The lowest BCUT2D eigenvalue weighted by atomic mass is 9.94. The SMILES string of the molecule is COc1ccc(OC)c([C@H]2C(=C(O)c3ccc(Cl)cc3)C(=O)C(=O)N2CCCn2ccnc2)c1. The number of ether oxygens (including phenoxy) is 2. The molecular weight excluding hydrogens is 458 g/mol. The average Bonchev–Trinajstić information content (AvgIpc) is 3.46. The molecule has 2 heterocycles. The van der Waals surface area contributed by atoms with Gasteiger partial charge in [0.15, 0.2) is 0 Å². The summed E-state index contributed by atoms with van der Waals surface area (Å²) in [7, 11) is 3.04. The van der Waals surface area contributed by atoms with Crippen LogP contribution < -0.4 is 9.47 Å². The molecule has 176 valence electrons. The van der Waals surface area contributed by atoms with Crippen molar-refractivity contribution in [2.24, 2.45) is 0 Å². The Morgan fingerprint density at radius 1 is 1.09 bits per heavy atom. The number of hydrogen-bond acceptors (Lipinski definition) is 6. The zero-order valence-electron chi connectivity index (χ0n) is 18.8. The topological polar surface area (TPSA) is 93.9 Å². The minimum Gasteiger partial charge on any atom is -0.507 e. The van der Waals surface area contributed by atoms with Crippen LogP contribution in [0.2, 0.25) is 5.02 Å². The Kier molecular flexibility index (Phi) is 6.88. The lowest BCUT2D eigenvalue weighted by molar-refractivity contribution is -0.140.